The number of aryl methyl sites for hydroxylation is 1. The van der Waals surface area contributed by atoms with Crippen LogP contribution in [0, 0.1) is 0 Å². The van der Waals surface area contributed by atoms with E-state index in [9.17, 15) is 4.79 Å². The Balaban J connectivity index is 0.00000364. The molecule has 0 saturated carbocycles. The van der Waals surface area contributed by atoms with Crippen molar-refractivity contribution in [3.05, 3.63) is 35.9 Å². The molecule has 27 heavy (non-hydrogen) atoms. The summed E-state index contributed by atoms with van der Waals surface area (Å²) in [5, 5.41) is 6.73. The second kappa shape index (κ2) is 13.8. The third-order valence-corrected chi connectivity index (χ3v) is 4.62. The van der Waals surface area contributed by atoms with Crippen LogP contribution in [0.4, 0.5) is 0 Å². The van der Waals surface area contributed by atoms with Crippen LogP contribution in [0.5, 0.6) is 0 Å². The number of nitrogens with zero attached hydrogens (tertiary/aromatic N) is 3. The summed E-state index contributed by atoms with van der Waals surface area (Å²) in [7, 11) is 0. The van der Waals surface area contributed by atoms with E-state index in [0.29, 0.717) is 0 Å². The summed E-state index contributed by atoms with van der Waals surface area (Å²) in [4.78, 5) is 20.4. The molecule has 0 atom stereocenters. The minimum absolute atomic E-state index is 0. The molecule has 1 fully saturated rings. The molecule has 0 spiro atoms. The molecule has 0 aliphatic carbocycles. The van der Waals surface area contributed by atoms with Gasteiger partial charge in [0.1, 0.15) is 0 Å². The number of rotatable bonds is 8. The second-order valence-electron chi connectivity index (χ2n) is 6.62. The number of benzene rings is 1. The van der Waals surface area contributed by atoms with Gasteiger partial charge in [0.2, 0.25) is 5.91 Å². The summed E-state index contributed by atoms with van der Waals surface area (Å²) in [5.74, 6) is 1.07. The molecule has 1 heterocycles. The fraction of sp³-hybridized carbons (Fsp3) is 0.600. The molecule has 0 aromatic heterocycles. The van der Waals surface area contributed by atoms with E-state index in [2.05, 4.69) is 57.8 Å². The standard InChI is InChI=1S/C20H33N5O.HI/c1-3-21-20(22-11-7-10-19-8-5-4-6-9-19)23-12-13-24-14-16-25(17-15-24)18(2)26;/h4-6,8-9H,3,7,10-17H2,1-2H3,(H2,21,22,23);1H. The summed E-state index contributed by atoms with van der Waals surface area (Å²) in [5.41, 5.74) is 1.37. The molecule has 152 valence electrons. The first kappa shape index (κ1) is 23.7. The molecule has 0 bridgehead atoms. The molecule has 1 saturated heterocycles. The van der Waals surface area contributed by atoms with E-state index in [0.717, 1.165) is 71.2 Å². The molecule has 0 unspecified atom stereocenters. The van der Waals surface area contributed by atoms with Gasteiger partial charge >= 0.3 is 0 Å². The lowest BCUT2D eigenvalue weighted by molar-refractivity contribution is -0.130. The van der Waals surface area contributed by atoms with Gasteiger partial charge in [-0.05, 0) is 25.3 Å². The minimum atomic E-state index is 0. The average molecular weight is 487 g/mol. The van der Waals surface area contributed by atoms with E-state index >= 15 is 0 Å². The highest BCUT2D eigenvalue weighted by Gasteiger charge is 2.17. The Morgan fingerprint density at radius 1 is 1.11 bits per heavy atom. The molecule has 2 rings (SSSR count). The zero-order valence-electron chi connectivity index (χ0n) is 16.6. The van der Waals surface area contributed by atoms with Gasteiger partial charge in [0.15, 0.2) is 5.96 Å². The highest BCUT2D eigenvalue weighted by molar-refractivity contribution is 14.0. The zero-order chi connectivity index (χ0) is 18.6. The fourth-order valence-corrected chi connectivity index (χ4v) is 3.08. The third kappa shape index (κ3) is 9.41. The van der Waals surface area contributed by atoms with Crippen molar-refractivity contribution in [2.45, 2.75) is 26.7 Å². The summed E-state index contributed by atoms with van der Waals surface area (Å²) < 4.78 is 0. The number of guanidine groups is 1. The summed E-state index contributed by atoms with van der Waals surface area (Å²) in [6, 6.07) is 10.5. The molecule has 7 heteroatoms. The quantitative estimate of drug-likeness (QED) is 0.255. The first-order valence-electron chi connectivity index (χ1n) is 9.73. The summed E-state index contributed by atoms with van der Waals surface area (Å²) in [6.07, 6.45) is 2.11. The topological polar surface area (TPSA) is 60.0 Å². The molecular weight excluding hydrogens is 453 g/mol. The van der Waals surface area contributed by atoms with Crippen molar-refractivity contribution in [1.29, 1.82) is 0 Å². The monoisotopic (exact) mass is 487 g/mol. The van der Waals surface area contributed by atoms with E-state index in [1.54, 1.807) is 6.92 Å². The predicted octanol–water partition coefficient (Wildman–Crippen LogP) is 1.96. The lowest BCUT2D eigenvalue weighted by Crippen LogP contribution is -2.50. The van der Waals surface area contributed by atoms with Gasteiger partial charge in [-0.1, -0.05) is 30.3 Å². The van der Waals surface area contributed by atoms with Crippen molar-refractivity contribution in [1.82, 2.24) is 20.4 Å². The van der Waals surface area contributed by atoms with Crippen LogP contribution in [0.25, 0.3) is 0 Å². The molecule has 2 N–H and O–H groups in total. The average Bonchev–Trinajstić information content (AvgIpc) is 2.66. The van der Waals surface area contributed by atoms with Gasteiger partial charge in [-0.25, -0.2) is 0 Å². The third-order valence-electron chi connectivity index (χ3n) is 4.62. The van der Waals surface area contributed by atoms with E-state index in [1.807, 2.05) is 4.90 Å². The molecular formula is C20H34IN5O. The van der Waals surface area contributed by atoms with Gasteiger partial charge in [0.05, 0.1) is 0 Å². The van der Waals surface area contributed by atoms with Crippen LogP contribution in [0.1, 0.15) is 25.8 Å². The maximum atomic E-state index is 11.4. The van der Waals surface area contributed by atoms with Crippen LogP contribution in [-0.4, -0.2) is 74.0 Å². The first-order valence-corrected chi connectivity index (χ1v) is 9.73. The van der Waals surface area contributed by atoms with Gasteiger partial charge in [0, 0.05) is 59.3 Å². The van der Waals surface area contributed by atoms with E-state index in [1.165, 1.54) is 5.56 Å². The van der Waals surface area contributed by atoms with E-state index < -0.39 is 0 Å². The highest BCUT2D eigenvalue weighted by atomic mass is 127. The number of nitrogens with one attached hydrogen (secondary N) is 2. The van der Waals surface area contributed by atoms with Crippen molar-refractivity contribution in [3.63, 3.8) is 0 Å². The number of halogens is 1. The predicted molar refractivity (Wildman–Crippen MR) is 123 cm³/mol. The van der Waals surface area contributed by atoms with E-state index in [-0.39, 0.29) is 29.9 Å². The van der Waals surface area contributed by atoms with Crippen LogP contribution in [0.3, 0.4) is 0 Å². The molecule has 1 aliphatic rings. The number of amides is 1. The Morgan fingerprint density at radius 2 is 1.81 bits per heavy atom. The normalized spacial score (nSPS) is 15.2. The van der Waals surface area contributed by atoms with Crippen molar-refractivity contribution in [2.24, 2.45) is 4.99 Å². The molecule has 1 aromatic carbocycles. The van der Waals surface area contributed by atoms with Crippen molar-refractivity contribution in [3.8, 4) is 0 Å². The molecule has 1 aliphatic heterocycles. The Morgan fingerprint density at radius 3 is 2.44 bits per heavy atom. The maximum Gasteiger partial charge on any atom is 0.219 e. The molecule has 1 aromatic rings. The number of carbonyl (C=O) groups excluding carboxylic acids is 1. The molecule has 6 nitrogen and oxygen atoms in total. The number of aliphatic imine (C=N–C) groups is 1. The van der Waals surface area contributed by atoms with Crippen LogP contribution < -0.4 is 10.6 Å². The Labute approximate surface area is 180 Å². The molecule has 1 amide bonds. The number of piperazine rings is 1. The Bertz CT molecular complexity index is 559. The fourth-order valence-electron chi connectivity index (χ4n) is 3.08. The lowest BCUT2D eigenvalue weighted by atomic mass is 10.1. The summed E-state index contributed by atoms with van der Waals surface area (Å²) in [6.45, 7) is 10.8. The lowest BCUT2D eigenvalue weighted by Gasteiger charge is -2.34. The summed E-state index contributed by atoms with van der Waals surface area (Å²) >= 11 is 0. The van der Waals surface area contributed by atoms with Gasteiger partial charge in [0.25, 0.3) is 0 Å². The van der Waals surface area contributed by atoms with Gasteiger partial charge in [-0.15, -0.1) is 24.0 Å². The van der Waals surface area contributed by atoms with Gasteiger partial charge in [-0.3, -0.25) is 14.7 Å². The number of hydrogen-bond donors (Lipinski definition) is 2. The first-order chi connectivity index (χ1) is 12.7. The van der Waals surface area contributed by atoms with Crippen molar-refractivity contribution < 1.29 is 4.79 Å². The van der Waals surface area contributed by atoms with E-state index in [4.69, 9.17) is 0 Å². The zero-order valence-corrected chi connectivity index (χ0v) is 18.9. The van der Waals surface area contributed by atoms with Gasteiger partial charge in [-0.2, -0.15) is 0 Å². The smallest absolute Gasteiger partial charge is 0.219 e. The van der Waals surface area contributed by atoms with Crippen LogP contribution in [-0.2, 0) is 11.2 Å². The largest absolute Gasteiger partial charge is 0.357 e. The van der Waals surface area contributed by atoms with Gasteiger partial charge < -0.3 is 15.5 Å². The Kier molecular flexibility index (Phi) is 12.1. The second-order valence-corrected chi connectivity index (χ2v) is 6.62. The van der Waals surface area contributed by atoms with Crippen LogP contribution >= 0.6 is 24.0 Å². The number of hydrogen-bond acceptors (Lipinski definition) is 3. The maximum absolute atomic E-state index is 11.4. The number of carbonyl (C=O) groups is 1. The van der Waals surface area contributed by atoms with Crippen molar-refractivity contribution >= 4 is 35.8 Å². The SMILES string of the molecule is CCNC(=NCCCc1ccccc1)NCCN1CCN(C(C)=O)CC1.I. The Hall–Kier alpha value is -1.35. The highest BCUT2D eigenvalue weighted by Crippen LogP contribution is 2.02. The minimum Gasteiger partial charge on any atom is -0.357 e. The van der Waals surface area contributed by atoms with Crippen LogP contribution in [0.2, 0.25) is 0 Å². The molecule has 0 radical (unpaired) electrons. The van der Waals surface area contributed by atoms with Crippen molar-refractivity contribution in [2.75, 3.05) is 52.4 Å². The van der Waals surface area contributed by atoms with Crippen LogP contribution in [0.15, 0.2) is 35.3 Å².